The Morgan fingerprint density at radius 2 is 1.89 bits per heavy atom. The first-order valence-corrected chi connectivity index (χ1v) is 3.08. The van der Waals surface area contributed by atoms with E-state index < -0.39 is 0 Å². The zero-order chi connectivity index (χ0) is 7.33. The Bertz CT molecular complexity index is 67.5. The van der Waals surface area contributed by atoms with Crippen LogP contribution in [-0.4, -0.2) is 44.9 Å². The number of halogens is 1. The van der Waals surface area contributed by atoms with Gasteiger partial charge < -0.3 is 9.59 Å². The van der Waals surface area contributed by atoms with Crippen LogP contribution in [0.2, 0.25) is 0 Å². The van der Waals surface area contributed by atoms with Crippen molar-refractivity contribution in [1.82, 2.24) is 0 Å². The van der Waals surface area contributed by atoms with Crippen molar-refractivity contribution in [3.05, 3.63) is 0 Å². The molecule has 0 saturated heterocycles. The number of quaternary nitrogens is 1. The number of likely N-dealkylation sites (N-methyl/N-ethyl adjacent to an activating group) is 1. The number of hydrogen-bond donors (Lipinski definition) is 0. The molecule has 0 radical (unpaired) electrons. The van der Waals surface area contributed by atoms with Gasteiger partial charge in [-0.3, -0.25) is 0 Å². The smallest absolute Gasteiger partial charge is 0.138 e. The highest BCUT2D eigenvalue weighted by molar-refractivity contribution is 4.29. The SMILES string of the molecule is C[N+](C)(CC[O-])CC[18F]. The van der Waals surface area contributed by atoms with Crippen molar-refractivity contribution in [2.24, 2.45) is 0 Å². The first-order chi connectivity index (χ1) is 4.12. The van der Waals surface area contributed by atoms with E-state index in [0.717, 1.165) is 0 Å². The average Bonchev–Trinajstić information content (AvgIpc) is 1.64. The van der Waals surface area contributed by atoms with Crippen molar-refractivity contribution >= 4 is 0 Å². The second-order valence-corrected chi connectivity index (χ2v) is 2.78. The highest BCUT2D eigenvalue weighted by Gasteiger charge is 2.09. The summed E-state index contributed by atoms with van der Waals surface area (Å²) in [5.41, 5.74) is 0. The van der Waals surface area contributed by atoms with Gasteiger partial charge in [0, 0.05) is 0 Å². The van der Waals surface area contributed by atoms with Crippen molar-refractivity contribution in [2.45, 2.75) is 0 Å². The van der Waals surface area contributed by atoms with E-state index in [-0.39, 0.29) is 13.3 Å². The summed E-state index contributed by atoms with van der Waals surface area (Å²) in [6, 6.07) is 0. The van der Waals surface area contributed by atoms with Crippen molar-refractivity contribution in [3.63, 3.8) is 0 Å². The summed E-state index contributed by atoms with van der Waals surface area (Å²) in [4.78, 5) is 0. The Balaban J connectivity index is 3.43. The van der Waals surface area contributed by atoms with Crippen LogP contribution >= 0.6 is 0 Å². The Morgan fingerprint density at radius 1 is 1.33 bits per heavy atom. The van der Waals surface area contributed by atoms with Crippen LogP contribution < -0.4 is 5.11 Å². The largest absolute Gasteiger partial charge is 0.850 e. The third kappa shape index (κ3) is 4.36. The van der Waals surface area contributed by atoms with E-state index in [9.17, 15) is 9.50 Å². The maximum Gasteiger partial charge on any atom is 0.138 e. The van der Waals surface area contributed by atoms with Gasteiger partial charge in [-0.25, -0.2) is 4.39 Å². The van der Waals surface area contributed by atoms with Gasteiger partial charge in [0.05, 0.1) is 20.6 Å². The van der Waals surface area contributed by atoms with Crippen molar-refractivity contribution in [1.29, 1.82) is 0 Å². The van der Waals surface area contributed by atoms with Gasteiger partial charge in [0.15, 0.2) is 0 Å². The molecule has 0 N–H and O–H groups in total. The minimum Gasteiger partial charge on any atom is -0.850 e. The van der Waals surface area contributed by atoms with Gasteiger partial charge >= 0.3 is 0 Å². The molecular formula is C6H14FNO. The highest BCUT2D eigenvalue weighted by atomic mass is 18.2. The molecular weight excluding hydrogens is 120 g/mol. The van der Waals surface area contributed by atoms with E-state index >= 15 is 0 Å². The molecule has 0 atom stereocenters. The zero-order valence-corrected chi connectivity index (χ0v) is 6.06. The van der Waals surface area contributed by atoms with Crippen LogP contribution in [0.4, 0.5) is 4.39 Å². The molecule has 0 bridgehead atoms. The molecule has 0 aliphatic carbocycles. The first kappa shape index (κ1) is 8.85. The van der Waals surface area contributed by atoms with E-state index in [1.807, 2.05) is 14.1 Å². The second-order valence-electron chi connectivity index (χ2n) is 2.78. The van der Waals surface area contributed by atoms with Crippen LogP contribution in [-0.2, 0) is 0 Å². The summed E-state index contributed by atoms with van der Waals surface area (Å²) in [6.45, 7) is 0.506. The van der Waals surface area contributed by atoms with Gasteiger partial charge in [-0.05, 0) is 0 Å². The van der Waals surface area contributed by atoms with Crippen LogP contribution in [0.3, 0.4) is 0 Å². The lowest BCUT2D eigenvalue weighted by molar-refractivity contribution is -0.895. The topological polar surface area (TPSA) is 23.1 Å². The lowest BCUT2D eigenvalue weighted by Crippen LogP contribution is -2.45. The lowest BCUT2D eigenvalue weighted by Gasteiger charge is -2.29. The van der Waals surface area contributed by atoms with Crippen LogP contribution in [0.25, 0.3) is 0 Å². The molecule has 3 heteroatoms. The molecule has 0 unspecified atom stereocenters. The fourth-order valence-corrected chi connectivity index (χ4v) is 0.588. The van der Waals surface area contributed by atoms with E-state index in [0.29, 0.717) is 17.6 Å². The molecule has 0 aromatic heterocycles. The summed E-state index contributed by atoms with van der Waals surface area (Å²) < 4.78 is 12.2. The van der Waals surface area contributed by atoms with Crippen LogP contribution in [0.1, 0.15) is 0 Å². The summed E-state index contributed by atoms with van der Waals surface area (Å²) >= 11 is 0. The third-order valence-corrected chi connectivity index (χ3v) is 1.39. The summed E-state index contributed by atoms with van der Waals surface area (Å²) in [6.07, 6.45) is 0. The van der Waals surface area contributed by atoms with Crippen LogP contribution in [0, 0.1) is 0 Å². The fraction of sp³-hybridized carbons (Fsp3) is 1.00. The van der Waals surface area contributed by atoms with E-state index in [4.69, 9.17) is 0 Å². The van der Waals surface area contributed by atoms with E-state index in [2.05, 4.69) is 0 Å². The van der Waals surface area contributed by atoms with Gasteiger partial charge in [0.25, 0.3) is 0 Å². The molecule has 9 heavy (non-hydrogen) atoms. The summed E-state index contributed by atoms with van der Waals surface area (Å²) in [7, 11) is 3.72. The maximum atomic E-state index is 11.7. The van der Waals surface area contributed by atoms with Gasteiger partial charge in [-0.15, -0.1) is 0 Å². The average molecular weight is 134 g/mol. The molecule has 0 aromatic rings. The summed E-state index contributed by atoms with van der Waals surface area (Å²) in [5, 5.41) is 10.1. The zero-order valence-electron chi connectivity index (χ0n) is 6.06. The molecule has 2 nitrogen and oxygen atoms in total. The fourth-order valence-electron chi connectivity index (χ4n) is 0.588. The van der Waals surface area contributed by atoms with Crippen molar-refractivity contribution in [3.8, 4) is 0 Å². The number of nitrogens with zero attached hydrogens (tertiary/aromatic N) is 1. The molecule has 0 spiro atoms. The van der Waals surface area contributed by atoms with Crippen molar-refractivity contribution < 1.29 is 14.0 Å². The third-order valence-electron chi connectivity index (χ3n) is 1.39. The molecule has 0 fully saturated rings. The predicted molar refractivity (Wildman–Crippen MR) is 32.7 cm³/mol. The Kier molecular flexibility index (Phi) is 3.73. The molecule has 0 aliphatic rings. The molecule has 0 saturated carbocycles. The van der Waals surface area contributed by atoms with Gasteiger partial charge in [-0.1, -0.05) is 6.61 Å². The minimum absolute atomic E-state index is 0.118. The molecule has 0 amide bonds. The number of alkyl halides is 1. The van der Waals surface area contributed by atoms with Crippen LogP contribution in [0.5, 0.6) is 0 Å². The molecule has 56 valence electrons. The van der Waals surface area contributed by atoms with E-state index in [1.165, 1.54) is 0 Å². The monoisotopic (exact) mass is 134 g/mol. The Hall–Kier alpha value is -0.150. The normalized spacial score (nSPS) is 12.0. The quantitative estimate of drug-likeness (QED) is 0.470. The standard InChI is InChI=1S/C6H14FNO/c1-8(2,4-3-7)5-6-9/h3-6H2,1-2H3/i7-1. The molecule has 0 heterocycles. The summed E-state index contributed by atoms with van der Waals surface area (Å²) in [5.74, 6) is 0. The second kappa shape index (κ2) is 3.80. The lowest BCUT2D eigenvalue weighted by atomic mass is 10.4. The molecule has 0 rings (SSSR count). The first-order valence-electron chi connectivity index (χ1n) is 3.08. The Labute approximate surface area is 55.5 Å². The van der Waals surface area contributed by atoms with Crippen LogP contribution in [0.15, 0.2) is 0 Å². The van der Waals surface area contributed by atoms with Crippen molar-refractivity contribution in [2.75, 3.05) is 40.5 Å². The van der Waals surface area contributed by atoms with E-state index in [1.54, 1.807) is 0 Å². The number of rotatable bonds is 4. The van der Waals surface area contributed by atoms with Gasteiger partial charge in [-0.2, -0.15) is 0 Å². The molecule has 0 aliphatic heterocycles. The highest BCUT2D eigenvalue weighted by Crippen LogP contribution is 1.93. The van der Waals surface area contributed by atoms with Gasteiger partial charge in [0.1, 0.15) is 13.2 Å². The predicted octanol–water partition coefficient (Wildman–Crippen LogP) is -0.607. The van der Waals surface area contributed by atoms with Gasteiger partial charge in [0.2, 0.25) is 0 Å². The minimum atomic E-state index is -0.340. The Morgan fingerprint density at radius 3 is 2.22 bits per heavy atom. The number of hydrogen-bond acceptors (Lipinski definition) is 1. The molecule has 0 aromatic carbocycles. The maximum absolute atomic E-state index is 11.7.